The normalized spacial score (nSPS) is 27.4. The minimum absolute atomic E-state index is 0.550. The molecule has 0 saturated carbocycles. The van der Waals surface area contributed by atoms with Crippen molar-refractivity contribution in [2.24, 2.45) is 5.92 Å². The van der Waals surface area contributed by atoms with Gasteiger partial charge in [0.1, 0.15) is 0 Å². The van der Waals surface area contributed by atoms with Crippen molar-refractivity contribution in [2.75, 3.05) is 12.0 Å². The zero-order valence-corrected chi connectivity index (χ0v) is 17.0. The number of nitrogens with one attached hydrogen (secondary N) is 2. The van der Waals surface area contributed by atoms with Gasteiger partial charge >= 0.3 is 0 Å². The summed E-state index contributed by atoms with van der Waals surface area (Å²) in [5.74, 6) is 0.709. The van der Waals surface area contributed by atoms with E-state index >= 15 is 0 Å². The predicted octanol–water partition coefficient (Wildman–Crippen LogP) is 5.11. The van der Waals surface area contributed by atoms with E-state index in [-0.39, 0.29) is 0 Å². The van der Waals surface area contributed by atoms with Crippen LogP contribution in [0.2, 0.25) is 0 Å². The van der Waals surface area contributed by atoms with E-state index in [0.717, 1.165) is 11.2 Å². The number of rotatable bonds is 4. The summed E-state index contributed by atoms with van der Waals surface area (Å²) in [7, 11) is 0. The molecule has 3 aliphatic heterocycles. The fraction of sp³-hybridized carbons (Fsp3) is 0.381. The maximum absolute atomic E-state index is 4.43. The van der Waals surface area contributed by atoms with Crippen molar-refractivity contribution in [1.82, 2.24) is 15.3 Å². The number of thioether (sulfide) groups is 1. The summed E-state index contributed by atoms with van der Waals surface area (Å²) in [6, 6.07) is 7.02. The Labute approximate surface area is 168 Å². The van der Waals surface area contributed by atoms with Gasteiger partial charge in [0.05, 0.1) is 27.1 Å². The van der Waals surface area contributed by atoms with Gasteiger partial charge in [0.2, 0.25) is 0 Å². The second kappa shape index (κ2) is 7.34. The summed E-state index contributed by atoms with van der Waals surface area (Å²) in [6.45, 7) is 3.47. The summed E-state index contributed by atoms with van der Waals surface area (Å²) in [5.41, 5.74) is 8.86. The Bertz CT molecular complexity index is 929. The average molecular weight is 397 g/mol. The molecule has 1 aromatic heterocycles. The molecule has 0 aliphatic carbocycles. The first-order valence-electron chi connectivity index (χ1n) is 9.71. The molecule has 1 aromatic carbocycles. The van der Waals surface area contributed by atoms with Gasteiger partial charge in [0.25, 0.3) is 0 Å². The van der Waals surface area contributed by atoms with Gasteiger partial charge in [-0.1, -0.05) is 6.92 Å². The van der Waals surface area contributed by atoms with Crippen LogP contribution in [-0.2, 0) is 0 Å². The number of allylic oxidation sites excluding steroid dienone is 2. The zero-order valence-electron chi connectivity index (χ0n) is 15.4. The van der Waals surface area contributed by atoms with Crippen LogP contribution >= 0.6 is 23.1 Å². The zero-order chi connectivity index (χ0) is 18.2. The highest BCUT2D eigenvalue weighted by Gasteiger charge is 2.36. The van der Waals surface area contributed by atoms with E-state index in [2.05, 4.69) is 70.3 Å². The highest BCUT2D eigenvalue weighted by molar-refractivity contribution is 8.04. The Morgan fingerprint density at radius 1 is 1.37 bits per heavy atom. The standard InChI is InChI=1S/C21H24N4S2/c1-2-16-15(5-3-9-22-16)21-12-18-20(27-21)6-4-10-25(18)24-14-7-8-19-17(11-14)23-13-26-19/h4,6-8,10-13,15-16,21-22,24H,2-3,5,9H2,1H3. The molecule has 0 bridgehead atoms. The molecule has 4 nitrogen and oxygen atoms in total. The van der Waals surface area contributed by atoms with Crippen LogP contribution in [0.5, 0.6) is 0 Å². The molecular weight excluding hydrogens is 372 g/mol. The van der Waals surface area contributed by atoms with Crippen molar-refractivity contribution in [2.45, 2.75) is 37.5 Å². The van der Waals surface area contributed by atoms with E-state index in [1.54, 1.807) is 11.3 Å². The van der Waals surface area contributed by atoms with Gasteiger partial charge in [-0.15, -0.1) is 23.1 Å². The van der Waals surface area contributed by atoms with Crippen LogP contribution in [0.1, 0.15) is 26.2 Å². The molecule has 27 heavy (non-hydrogen) atoms. The van der Waals surface area contributed by atoms with E-state index in [9.17, 15) is 0 Å². The second-order valence-electron chi connectivity index (χ2n) is 7.30. The number of thiazole rings is 1. The number of piperidine rings is 1. The van der Waals surface area contributed by atoms with E-state index in [1.165, 1.54) is 41.1 Å². The lowest BCUT2D eigenvalue weighted by molar-refractivity contribution is 0.280. The molecule has 1 fully saturated rings. The minimum Gasteiger partial charge on any atom is -0.314 e. The first-order chi connectivity index (χ1) is 13.3. The Morgan fingerprint density at radius 3 is 3.26 bits per heavy atom. The van der Waals surface area contributed by atoms with Crippen LogP contribution in [0.25, 0.3) is 10.2 Å². The van der Waals surface area contributed by atoms with Gasteiger partial charge in [0.15, 0.2) is 0 Å². The van der Waals surface area contributed by atoms with Gasteiger partial charge in [-0.05, 0) is 68.2 Å². The van der Waals surface area contributed by atoms with Gasteiger partial charge in [-0.25, -0.2) is 4.98 Å². The molecule has 3 aliphatic rings. The first-order valence-corrected chi connectivity index (χ1v) is 11.5. The lowest BCUT2D eigenvalue weighted by atomic mass is 9.86. The molecule has 0 radical (unpaired) electrons. The van der Waals surface area contributed by atoms with E-state index in [4.69, 9.17) is 0 Å². The van der Waals surface area contributed by atoms with Gasteiger partial charge in [-0.2, -0.15) is 0 Å². The quantitative estimate of drug-likeness (QED) is 0.751. The largest absolute Gasteiger partial charge is 0.314 e. The van der Waals surface area contributed by atoms with Crippen molar-refractivity contribution in [3.63, 3.8) is 0 Å². The molecule has 3 atom stereocenters. The van der Waals surface area contributed by atoms with Crippen LogP contribution in [0.15, 0.2) is 58.7 Å². The lowest BCUT2D eigenvalue weighted by Gasteiger charge is -2.34. The third-order valence-corrected chi connectivity index (χ3v) is 7.83. The number of hydrogen-bond acceptors (Lipinski definition) is 6. The topological polar surface area (TPSA) is 40.2 Å². The monoisotopic (exact) mass is 396 g/mol. The molecule has 140 valence electrons. The predicted molar refractivity (Wildman–Crippen MR) is 117 cm³/mol. The minimum atomic E-state index is 0.550. The van der Waals surface area contributed by atoms with Gasteiger partial charge in [-0.3, -0.25) is 10.4 Å². The lowest BCUT2D eigenvalue weighted by Crippen LogP contribution is -2.44. The van der Waals surface area contributed by atoms with Gasteiger partial charge in [0, 0.05) is 22.4 Å². The highest BCUT2D eigenvalue weighted by Crippen LogP contribution is 2.45. The van der Waals surface area contributed by atoms with Crippen LogP contribution in [0.4, 0.5) is 5.69 Å². The Morgan fingerprint density at radius 2 is 2.33 bits per heavy atom. The maximum atomic E-state index is 4.43. The molecule has 6 heteroatoms. The Kier molecular flexibility index (Phi) is 4.71. The number of hydrogen-bond donors (Lipinski definition) is 2. The third-order valence-electron chi connectivity index (χ3n) is 5.66. The van der Waals surface area contributed by atoms with Crippen LogP contribution < -0.4 is 10.7 Å². The molecule has 0 spiro atoms. The molecule has 1 saturated heterocycles. The van der Waals surface area contributed by atoms with Crippen molar-refractivity contribution in [3.8, 4) is 0 Å². The van der Waals surface area contributed by atoms with Crippen LogP contribution in [0, 0.1) is 5.92 Å². The third kappa shape index (κ3) is 3.30. The van der Waals surface area contributed by atoms with E-state index < -0.39 is 0 Å². The average Bonchev–Trinajstić information content (AvgIpc) is 3.35. The van der Waals surface area contributed by atoms with Crippen molar-refractivity contribution in [1.29, 1.82) is 0 Å². The molecule has 2 N–H and O–H groups in total. The maximum Gasteiger partial charge on any atom is 0.0833 e. The first kappa shape index (κ1) is 17.3. The highest BCUT2D eigenvalue weighted by atomic mass is 32.2. The summed E-state index contributed by atoms with van der Waals surface area (Å²) in [6.07, 6.45) is 12.8. The second-order valence-corrected chi connectivity index (χ2v) is 9.40. The molecule has 5 rings (SSSR count). The fourth-order valence-electron chi connectivity index (χ4n) is 4.29. The van der Waals surface area contributed by atoms with E-state index in [0.29, 0.717) is 17.2 Å². The number of nitrogens with zero attached hydrogens (tertiary/aromatic N) is 2. The Hall–Kier alpha value is -1.76. The molecule has 0 amide bonds. The van der Waals surface area contributed by atoms with Crippen molar-refractivity contribution >= 4 is 39.0 Å². The number of anilines is 1. The van der Waals surface area contributed by atoms with Crippen LogP contribution in [0.3, 0.4) is 0 Å². The molecule has 2 aromatic rings. The van der Waals surface area contributed by atoms with Crippen LogP contribution in [-0.4, -0.2) is 27.8 Å². The molecular formula is C21H24N4S2. The number of hydrazine groups is 1. The van der Waals surface area contributed by atoms with Crippen molar-refractivity contribution in [3.05, 3.63) is 58.7 Å². The number of fused-ring (bicyclic) bond motifs is 2. The summed E-state index contributed by atoms with van der Waals surface area (Å²) < 4.78 is 1.22. The summed E-state index contributed by atoms with van der Waals surface area (Å²) in [5, 5.41) is 6.44. The fourth-order valence-corrected chi connectivity index (χ4v) is 6.39. The molecule has 3 unspecified atom stereocenters. The summed E-state index contributed by atoms with van der Waals surface area (Å²) in [4.78, 5) is 5.80. The summed E-state index contributed by atoms with van der Waals surface area (Å²) >= 11 is 3.70. The molecule has 4 heterocycles. The smallest absolute Gasteiger partial charge is 0.0833 e. The number of aromatic nitrogens is 1. The van der Waals surface area contributed by atoms with Gasteiger partial charge < -0.3 is 5.32 Å². The van der Waals surface area contributed by atoms with E-state index in [1.807, 2.05) is 17.3 Å². The SMILES string of the molecule is CCC1NCCCC1C1C=C2C(=CC=CN2Nc2ccc3scnc3c2)S1. The Balaban J connectivity index is 1.38. The number of benzene rings is 1. The van der Waals surface area contributed by atoms with Crippen molar-refractivity contribution < 1.29 is 0 Å².